The zero-order valence-corrected chi connectivity index (χ0v) is 13.9. The molecule has 3 aromatic heterocycles. The Morgan fingerprint density at radius 2 is 1.85 bits per heavy atom. The molecular weight excluding hydrogens is 362 g/mol. The Balaban J connectivity index is 1.83. The molecule has 0 saturated carbocycles. The molecule has 8 heteroatoms. The van der Waals surface area contributed by atoms with Gasteiger partial charge in [0.15, 0.2) is 5.58 Å². The quantitative estimate of drug-likeness (QED) is 0.486. The molecule has 3 heterocycles. The number of halogens is 3. The second-order valence-corrected chi connectivity index (χ2v) is 5.91. The van der Waals surface area contributed by atoms with Gasteiger partial charge in [-0.1, -0.05) is 11.6 Å². The third-order valence-corrected chi connectivity index (χ3v) is 4.11. The number of fused-ring (bicyclic) bond motifs is 1. The van der Waals surface area contributed by atoms with Gasteiger partial charge in [-0.3, -0.25) is 4.98 Å². The molecule has 0 aliphatic heterocycles. The van der Waals surface area contributed by atoms with Crippen molar-refractivity contribution in [3.8, 4) is 11.3 Å². The molecule has 0 saturated heterocycles. The Hall–Kier alpha value is -3.19. The van der Waals surface area contributed by atoms with Gasteiger partial charge in [0.2, 0.25) is 11.8 Å². The number of pyridine rings is 2. The number of aromatic nitrogens is 2. The summed E-state index contributed by atoms with van der Waals surface area (Å²) in [6.45, 7) is 0. The van der Waals surface area contributed by atoms with Crippen molar-refractivity contribution in [3.05, 3.63) is 65.6 Å². The summed E-state index contributed by atoms with van der Waals surface area (Å²) >= 11 is 5.81. The van der Waals surface area contributed by atoms with Crippen LogP contribution in [0.3, 0.4) is 0 Å². The first-order chi connectivity index (χ1) is 12.5. The number of rotatable bonds is 3. The van der Waals surface area contributed by atoms with Crippen molar-refractivity contribution in [1.82, 2.24) is 9.97 Å². The average molecular weight is 373 g/mol. The van der Waals surface area contributed by atoms with Crippen molar-refractivity contribution in [3.63, 3.8) is 0 Å². The van der Waals surface area contributed by atoms with Gasteiger partial charge >= 0.3 is 0 Å². The molecule has 0 bridgehead atoms. The van der Waals surface area contributed by atoms with E-state index in [4.69, 9.17) is 21.8 Å². The van der Waals surface area contributed by atoms with E-state index >= 15 is 0 Å². The molecule has 0 unspecified atom stereocenters. The summed E-state index contributed by atoms with van der Waals surface area (Å²) in [4.78, 5) is 7.80. The summed E-state index contributed by atoms with van der Waals surface area (Å²) in [6, 6.07) is 8.80. The van der Waals surface area contributed by atoms with E-state index in [1.165, 1.54) is 30.5 Å². The Morgan fingerprint density at radius 1 is 1.04 bits per heavy atom. The summed E-state index contributed by atoms with van der Waals surface area (Å²) in [7, 11) is 0. The highest BCUT2D eigenvalue weighted by atomic mass is 35.5. The molecule has 26 heavy (non-hydrogen) atoms. The van der Waals surface area contributed by atoms with Gasteiger partial charge < -0.3 is 15.5 Å². The van der Waals surface area contributed by atoms with Crippen molar-refractivity contribution in [1.29, 1.82) is 0 Å². The van der Waals surface area contributed by atoms with Gasteiger partial charge in [0.05, 0.1) is 10.4 Å². The minimum Gasteiger partial charge on any atom is -0.436 e. The standard InChI is InChI=1S/C18H11ClF2N4O/c19-12-8-10(1-2-13(12)20)25-16-11-4-6-24-15(17(11)26-18(16)22)9-3-5-23-14(21)7-9/h1-8,25H,22H2. The highest BCUT2D eigenvalue weighted by Gasteiger charge is 2.17. The lowest BCUT2D eigenvalue weighted by molar-refractivity contribution is 0.584. The number of hydrogen-bond donors (Lipinski definition) is 2. The molecule has 0 spiro atoms. The highest BCUT2D eigenvalue weighted by molar-refractivity contribution is 6.31. The zero-order chi connectivity index (χ0) is 18.3. The number of furan rings is 1. The van der Waals surface area contributed by atoms with E-state index in [1.54, 1.807) is 18.3 Å². The maximum atomic E-state index is 13.4. The van der Waals surface area contributed by atoms with Crippen LogP contribution in [-0.2, 0) is 0 Å². The summed E-state index contributed by atoms with van der Waals surface area (Å²) in [5.41, 5.74) is 8.36. The summed E-state index contributed by atoms with van der Waals surface area (Å²) < 4.78 is 32.4. The predicted molar refractivity (Wildman–Crippen MR) is 96.3 cm³/mol. The van der Waals surface area contributed by atoms with Crippen LogP contribution in [0.4, 0.5) is 26.0 Å². The number of hydrogen-bond acceptors (Lipinski definition) is 5. The number of anilines is 3. The Bertz CT molecular complexity index is 1130. The Morgan fingerprint density at radius 3 is 2.62 bits per heavy atom. The first kappa shape index (κ1) is 16.3. The van der Waals surface area contributed by atoms with Crippen LogP contribution < -0.4 is 11.1 Å². The van der Waals surface area contributed by atoms with Gasteiger partial charge in [-0.05, 0) is 30.3 Å². The number of benzene rings is 1. The maximum absolute atomic E-state index is 13.4. The summed E-state index contributed by atoms with van der Waals surface area (Å²) in [5, 5.41) is 3.70. The largest absolute Gasteiger partial charge is 0.436 e. The zero-order valence-electron chi connectivity index (χ0n) is 13.1. The first-order valence-corrected chi connectivity index (χ1v) is 7.91. The van der Waals surface area contributed by atoms with Crippen LogP contribution in [-0.4, -0.2) is 9.97 Å². The highest BCUT2D eigenvalue weighted by Crippen LogP contribution is 2.39. The fourth-order valence-corrected chi connectivity index (χ4v) is 2.83. The van der Waals surface area contributed by atoms with Crippen LogP contribution in [0.2, 0.25) is 5.02 Å². The first-order valence-electron chi connectivity index (χ1n) is 7.54. The third kappa shape index (κ3) is 2.82. The second-order valence-electron chi connectivity index (χ2n) is 5.50. The molecule has 0 amide bonds. The van der Waals surface area contributed by atoms with Gasteiger partial charge in [-0.15, -0.1) is 0 Å². The van der Waals surface area contributed by atoms with Crippen LogP contribution in [0, 0.1) is 11.8 Å². The van der Waals surface area contributed by atoms with E-state index in [1.807, 2.05) is 0 Å². The van der Waals surface area contributed by atoms with Gasteiger partial charge in [-0.25, -0.2) is 9.37 Å². The van der Waals surface area contributed by atoms with Crippen molar-refractivity contribution in [2.24, 2.45) is 0 Å². The fourth-order valence-electron chi connectivity index (χ4n) is 2.64. The molecule has 4 rings (SSSR count). The molecule has 1 aromatic carbocycles. The van der Waals surface area contributed by atoms with Crippen molar-refractivity contribution >= 4 is 39.8 Å². The van der Waals surface area contributed by atoms with Crippen molar-refractivity contribution < 1.29 is 13.2 Å². The van der Waals surface area contributed by atoms with Gasteiger partial charge in [0, 0.05) is 29.7 Å². The topological polar surface area (TPSA) is 77.0 Å². The van der Waals surface area contributed by atoms with Crippen LogP contribution in [0.5, 0.6) is 0 Å². The number of nitrogens with one attached hydrogen (secondary N) is 1. The van der Waals surface area contributed by atoms with Crippen LogP contribution in [0.15, 0.2) is 53.2 Å². The molecule has 4 aromatic rings. The molecule has 130 valence electrons. The SMILES string of the molecule is Nc1oc2c(-c3ccnc(F)c3)nccc2c1Nc1ccc(F)c(Cl)c1. The normalized spacial score (nSPS) is 11.0. The summed E-state index contributed by atoms with van der Waals surface area (Å²) in [6.07, 6.45) is 2.91. The molecule has 3 N–H and O–H groups in total. The lowest BCUT2D eigenvalue weighted by atomic mass is 10.1. The van der Waals surface area contributed by atoms with E-state index in [-0.39, 0.29) is 10.9 Å². The lowest BCUT2D eigenvalue weighted by Crippen LogP contribution is -1.94. The monoisotopic (exact) mass is 372 g/mol. The van der Waals surface area contributed by atoms with Crippen LogP contribution in [0.25, 0.3) is 22.2 Å². The fraction of sp³-hybridized carbons (Fsp3) is 0. The smallest absolute Gasteiger partial charge is 0.215 e. The van der Waals surface area contributed by atoms with E-state index in [0.29, 0.717) is 33.6 Å². The summed E-state index contributed by atoms with van der Waals surface area (Å²) in [5.74, 6) is -1.03. The number of nitrogens with zero attached hydrogens (tertiary/aromatic N) is 2. The van der Waals surface area contributed by atoms with Crippen molar-refractivity contribution in [2.75, 3.05) is 11.1 Å². The minimum atomic E-state index is -0.625. The third-order valence-electron chi connectivity index (χ3n) is 3.82. The average Bonchev–Trinajstić information content (AvgIpc) is 2.94. The van der Waals surface area contributed by atoms with E-state index in [0.717, 1.165) is 0 Å². The Kier molecular flexibility index (Phi) is 3.93. The van der Waals surface area contributed by atoms with E-state index in [2.05, 4.69) is 15.3 Å². The molecule has 0 aliphatic rings. The molecule has 0 fully saturated rings. The molecule has 5 nitrogen and oxygen atoms in total. The maximum Gasteiger partial charge on any atom is 0.215 e. The van der Waals surface area contributed by atoms with E-state index < -0.39 is 11.8 Å². The second kappa shape index (κ2) is 6.27. The van der Waals surface area contributed by atoms with Gasteiger partial charge in [0.25, 0.3) is 0 Å². The molecular formula is C18H11ClF2N4O. The molecule has 0 aliphatic carbocycles. The van der Waals surface area contributed by atoms with Crippen LogP contribution >= 0.6 is 11.6 Å². The van der Waals surface area contributed by atoms with E-state index in [9.17, 15) is 8.78 Å². The lowest BCUT2D eigenvalue weighted by Gasteiger charge is -2.06. The minimum absolute atomic E-state index is 0.0176. The Labute approximate surface area is 151 Å². The van der Waals surface area contributed by atoms with Crippen LogP contribution in [0.1, 0.15) is 0 Å². The molecule has 0 atom stereocenters. The van der Waals surface area contributed by atoms with Gasteiger partial charge in [-0.2, -0.15) is 4.39 Å². The predicted octanol–water partition coefficient (Wildman–Crippen LogP) is 5.15. The number of nitrogen functional groups attached to an aromatic ring is 1. The number of nitrogens with two attached hydrogens (primary N) is 1. The molecule has 0 radical (unpaired) electrons. The van der Waals surface area contributed by atoms with Crippen molar-refractivity contribution in [2.45, 2.75) is 0 Å². The van der Waals surface area contributed by atoms with Gasteiger partial charge in [0.1, 0.15) is 17.2 Å².